The molecule has 0 radical (unpaired) electrons. The molecule has 2 aliphatic heterocycles. The zero-order chi connectivity index (χ0) is 46.9. The molecule has 0 spiro atoms. The molecule has 0 aromatic carbocycles. The third kappa shape index (κ3) is 15.5. The Labute approximate surface area is 367 Å². The van der Waals surface area contributed by atoms with Crippen LogP contribution in [0.2, 0.25) is 0 Å². The summed E-state index contributed by atoms with van der Waals surface area (Å²) in [6.45, 7) is 43.2. The number of fused-ring (bicyclic) bond motifs is 2. The van der Waals surface area contributed by atoms with Crippen LogP contribution in [0.15, 0.2) is 89.4 Å². The van der Waals surface area contributed by atoms with Crippen LogP contribution in [-0.2, 0) is 4.79 Å². The van der Waals surface area contributed by atoms with Crippen molar-refractivity contribution in [1.29, 1.82) is 0 Å². The number of carbonyl (C=O) groups excluding carboxylic acids is 1. The van der Waals surface area contributed by atoms with Crippen LogP contribution in [0, 0.1) is 18.8 Å². The van der Waals surface area contributed by atoms with E-state index < -0.39 is 0 Å². The number of nitrogen functional groups attached to an aromatic ring is 1. The maximum absolute atomic E-state index is 11.7. The number of allylic oxidation sites excluding steroid dienone is 2. The Morgan fingerprint density at radius 2 is 1.16 bits per heavy atom. The number of nitrogens with one attached hydrogen (secondary N) is 4. The summed E-state index contributed by atoms with van der Waals surface area (Å²) in [5.74, 6) is 2.77. The van der Waals surface area contributed by atoms with Gasteiger partial charge in [-0.3, -0.25) is 9.59 Å². The highest BCUT2D eigenvalue weighted by Crippen LogP contribution is 2.29. The molecule has 12 nitrogen and oxygen atoms in total. The zero-order valence-electron chi connectivity index (χ0n) is 40.6. The molecule has 338 valence electrons. The van der Waals surface area contributed by atoms with E-state index in [0.717, 1.165) is 39.3 Å². The fraction of sp³-hybridized carbons (Fsp3) is 0.510. The molecule has 8 N–H and O–H groups in total. The van der Waals surface area contributed by atoms with Crippen LogP contribution in [0.25, 0.3) is 22.1 Å². The molecule has 0 aliphatic carbocycles. The molecule has 0 saturated heterocycles. The van der Waals surface area contributed by atoms with Gasteiger partial charge in [-0.05, 0) is 87.1 Å². The molecular weight excluding hydrogens is 761 g/mol. The predicted molar refractivity (Wildman–Crippen MR) is 261 cm³/mol. The molecule has 12 heteroatoms. The van der Waals surface area contributed by atoms with Crippen molar-refractivity contribution in [2.24, 2.45) is 17.6 Å². The van der Waals surface area contributed by atoms with Crippen LogP contribution in [0.5, 0.6) is 0 Å². The lowest BCUT2D eigenvalue weighted by molar-refractivity contribution is -0.118. The van der Waals surface area contributed by atoms with Crippen LogP contribution in [0.1, 0.15) is 152 Å². The van der Waals surface area contributed by atoms with E-state index in [-0.39, 0.29) is 17.4 Å². The van der Waals surface area contributed by atoms with Crippen molar-refractivity contribution in [1.82, 2.24) is 40.0 Å². The van der Waals surface area contributed by atoms with Gasteiger partial charge in [0.1, 0.15) is 22.9 Å². The fourth-order valence-electron chi connectivity index (χ4n) is 6.23. The molecule has 4 aromatic rings. The molecule has 1 amide bonds. The van der Waals surface area contributed by atoms with Crippen molar-refractivity contribution in [3.05, 3.63) is 112 Å². The second-order valence-electron chi connectivity index (χ2n) is 17.2. The van der Waals surface area contributed by atoms with Gasteiger partial charge in [-0.15, -0.1) is 0 Å². The number of rotatable bonds is 6. The Morgan fingerprint density at radius 3 is 1.64 bits per heavy atom. The second-order valence-corrected chi connectivity index (χ2v) is 17.2. The third-order valence-corrected chi connectivity index (χ3v) is 9.30. The lowest BCUT2D eigenvalue weighted by atomic mass is 9.97. The number of pyridine rings is 1. The number of nitrogens with zero attached hydrogens (tertiary/aromatic N) is 4. The largest absolute Gasteiger partial charge is 0.398 e. The molecular formula is C49H80N10O2. The number of carbonyl (C=O) groups is 1. The van der Waals surface area contributed by atoms with Gasteiger partial charge in [0, 0.05) is 71.1 Å². The number of aromatic amines is 3. The molecule has 0 unspecified atom stereocenters. The summed E-state index contributed by atoms with van der Waals surface area (Å²) < 4.78 is 0. The Morgan fingerprint density at radius 1 is 0.689 bits per heavy atom. The molecule has 61 heavy (non-hydrogen) atoms. The second kappa shape index (κ2) is 25.3. The lowest BCUT2D eigenvalue weighted by Gasteiger charge is -2.32. The van der Waals surface area contributed by atoms with Gasteiger partial charge in [0.05, 0.1) is 5.39 Å². The Balaban J connectivity index is 0.000000389. The van der Waals surface area contributed by atoms with Crippen molar-refractivity contribution in [2.75, 3.05) is 5.73 Å². The fourth-order valence-corrected chi connectivity index (χ4v) is 6.23. The number of aromatic nitrogens is 5. The van der Waals surface area contributed by atoms with E-state index in [1.807, 2.05) is 49.5 Å². The molecule has 4 aromatic heterocycles. The standard InChI is InChI=1S/C12H20N2.C11H18N2O.C10H13N3O.C10H13N3.2C3H8/c1-8(2)11-7-14(9(3)4)10(5)6-12(11)13;1-7(2)10-6-13(8(3)4)9(5)12-11(10)14;1-5(2)7-4-11-9-8(7)10(14)13-6(3)12-9;1-6(2)7-5-13-10-9(7)8(11)3-4-12-10;2*1-3-2/h6-9H,5,13H2,1-4H3;6-8H,5H2,1-4H3,(H,12,14);4-5H,1-3H3,(H2,11,12,13,14);3-6H,1-2H3,(H3,11,12,13);2*3H2,1-2H3. The highest BCUT2D eigenvalue weighted by Gasteiger charge is 2.24. The first-order valence-electron chi connectivity index (χ1n) is 21.9. The van der Waals surface area contributed by atoms with E-state index in [1.165, 1.54) is 24.0 Å². The zero-order valence-corrected chi connectivity index (χ0v) is 40.6. The third-order valence-electron chi connectivity index (χ3n) is 9.30. The topological polar surface area (TPSA) is 178 Å². The summed E-state index contributed by atoms with van der Waals surface area (Å²) in [6, 6.07) is 2.58. The van der Waals surface area contributed by atoms with Crippen molar-refractivity contribution in [3.8, 4) is 0 Å². The van der Waals surface area contributed by atoms with E-state index in [1.54, 1.807) is 13.1 Å². The number of nitrogens with two attached hydrogens (primary N) is 2. The van der Waals surface area contributed by atoms with E-state index in [4.69, 9.17) is 11.5 Å². The quantitative estimate of drug-likeness (QED) is 0.111. The Hall–Kier alpha value is -5.52. The van der Waals surface area contributed by atoms with Crippen LogP contribution >= 0.6 is 0 Å². The summed E-state index contributed by atoms with van der Waals surface area (Å²) in [7, 11) is 0. The highest BCUT2D eigenvalue weighted by atomic mass is 16.2. The monoisotopic (exact) mass is 841 g/mol. The molecule has 0 saturated carbocycles. The van der Waals surface area contributed by atoms with Gasteiger partial charge in [-0.25, -0.2) is 9.97 Å². The number of H-pyrrole nitrogens is 3. The smallest absolute Gasteiger partial charge is 0.260 e. The van der Waals surface area contributed by atoms with Crippen molar-refractivity contribution < 1.29 is 4.79 Å². The van der Waals surface area contributed by atoms with Crippen LogP contribution in [0.4, 0.5) is 5.69 Å². The summed E-state index contributed by atoms with van der Waals surface area (Å²) in [4.78, 5) is 44.6. The predicted octanol–water partition coefficient (Wildman–Crippen LogP) is 11.2. The minimum Gasteiger partial charge on any atom is -0.398 e. The molecule has 6 heterocycles. The van der Waals surface area contributed by atoms with Crippen molar-refractivity contribution in [3.63, 3.8) is 0 Å². The van der Waals surface area contributed by atoms with Crippen LogP contribution < -0.4 is 22.3 Å². The first-order valence-corrected chi connectivity index (χ1v) is 21.9. The van der Waals surface area contributed by atoms with Crippen LogP contribution in [-0.4, -0.2) is 52.7 Å². The van der Waals surface area contributed by atoms with Gasteiger partial charge in [0.25, 0.3) is 11.5 Å². The molecule has 2 aliphatic rings. The molecule has 0 bridgehead atoms. The Bertz CT molecular complexity index is 2160. The van der Waals surface area contributed by atoms with Crippen LogP contribution in [0.3, 0.4) is 0 Å². The highest BCUT2D eigenvalue weighted by molar-refractivity contribution is 5.95. The molecule has 0 atom stereocenters. The van der Waals surface area contributed by atoms with E-state index >= 15 is 0 Å². The van der Waals surface area contributed by atoms with Crippen molar-refractivity contribution in [2.45, 2.75) is 154 Å². The van der Waals surface area contributed by atoms with Gasteiger partial charge in [-0.1, -0.05) is 109 Å². The number of aryl methyl sites for hydroxylation is 1. The summed E-state index contributed by atoms with van der Waals surface area (Å²) in [6.07, 6.45) is 14.0. The first-order chi connectivity index (χ1) is 28.5. The summed E-state index contributed by atoms with van der Waals surface area (Å²) >= 11 is 0. The molecule has 0 fully saturated rings. The minimum atomic E-state index is -0.0579. The molecule has 6 rings (SSSR count). The van der Waals surface area contributed by atoms with E-state index in [9.17, 15) is 9.59 Å². The van der Waals surface area contributed by atoms with E-state index in [2.05, 4.69) is 151 Å². The van der Waals surface area contributed by atoms with Gasteiger partial charge < -0.3 is 41.5 Å². The van der Waals surface area contributed by atoms with Gasteiger partial charge in [0.2, 0.25) is 0 Å². The van der Waals surface area contributed by atoms with Crippen molar-refractivity contribution >= 4 is 33.7 Å². The maximum atomic E-state index is 11.7. The van der Waals surface area contributed by atoms with Gasteiger partial charge in [-0.2, -0.15) is 0 Å². The minimum absolute atomic E-state index is 0.0260. The van der Waals surface area contributed by atoms with E-state index in [0.29, 0.717) is 52.5 Å². The summed E-state index contributed by atoms with van der Waals surface area (Å²) in [5, 5.41) is 4.52. The Kier molecular flexibility index (Phi) is 22.2. The lowest BCUT2D eigenvalue weighted by Crippen LogP contribution is -2.41. The maximum Gasteiger partial charge on any atom is 0.260 e. The number of anilines is 1. The number of amides is 1. The average Bonchev–Trinajstić information content (AvgIpc) is 3.79. The summed E-state index contributed by atoms with van der Waals surface area (Å²) in [5.41, 5.74) is 20.2. The average molecular weight is 841 g/mol. The SMILES string of the molecule is C=C1C=C(N)C(C(C)C)=CN1C(C)C.C=C1NC(=O)C(C(C)C)=CN1C(C)C.CC(C)c1c[nH]c2nccc(N)c12.CCC.CCC.Cc1nc2[nH]cc(C(C)C)c2c(=O)[nH]1. The number of hydrogen-bond donors (Lipinski definition) is 6. The number of hydrogen-bond acceptors (Lipinski definition) is 8. The first kappa shape index (κ1) is 53.5. The normalized spacial score (nSPS) is 13.7. The van der Waals surface area contributed by atoms with Gasteiger partial charge >= 0.3 is 0 Å². The van der Waals surface area contributed by atoms with Gasteiger partial charge in [0.15, 0.2) is 0 Å².